The van der Waals surface area contributed by atoms with Gasteiger partial charge in [0.15, 0.2) is 5.78 Å². The summed E-state index contributed by atoms with van der Waals surface area (Å²) in [6, 6.07) is 3.54. The Morgan fingerprint density at radius 3 is 2.48 bits per heavy atom. The van der Waals surface area contributed by atoms with Gasteiger partial charge in [0.2, 0.25) is 0 Å². The summed E-state index contributed by atoms with van der Waals surface area (Å²) in [5.74, 6) is -1.10. The third-order valence-corrected chi connectivity index (χ3v) is 3.61. The maximum atomic E-state index is 11.8. The molecule has 2 rings (SSSR count). The van der Waals surface area contributed by atoms with Gasteiger partial charge in [-0.05, 0) is 37.5 Å². The summed E-state index contributed by atoms with van der Waals surface area (Å²) < 4.78 is 1.76. The van der Waals surface area contributed by atoms with E-state index in [-0.39, 0.29) is 18.0 Å². The van der Waals surface area contributed by atoms with Gasteiger partial charge >= 0.3 is 5.97 Å². The van der Waals surface area contributed by atoms with Gasteiger partial charge in [0.25, 0.3) is 0 Å². The van der Waals surface area contributed by atoms with Crippen LogP contribution in [-0.2, 0) is 13.0 Å². The first-order chi connectivity index (χ1) is 9.99. The van der Waals surface area contributed by atoms with Crippen molar-refractivity contribution in [2.24, 2.45) is 0 Å². The number of aliphatic hydroxyl groups is 1. The summed E-state index contributed by atoms with van der Waals surface area (Å²) in [5.41, 5.74) is 2.18. The molecule has 5 nitrogen and oxygen atoms in total. The summed E-state index contributed by atoms with van der Waals surface area (Å²) in [6.45, 7) is 3.92. The fourth-order valence-corrected chi connectivity index (χ4v) is 2.56. The van der Waals surface area contributed by atoms with Crippen molar-refractivity contribution in [2.75, 3.05) is 6.61 Å². The molecule has 0 aliphatic rings. The molecule has 112 valence electrons. The van der Waals surface area contributed by atoms with Crippen molar-refractivity contribution in [3.05, 3.63) is 35.0 Å². The number of hydrogen-bond acceptors (Lipinski definition) is 3. The molecule has 0 bridgehead atoms. The number of nitrogens with zero attached hydrogens (tertiary/aromatic N) is 1. The number of aliphatic hydroxyl groups excluding tert-OH is 1. The van der Waals surface area contributed by atoms with E-state index in [1.165, 1.54) is 6.92 Å². The number of benzene rings is 1. The maximum Gasteiger partial charge on any atom is 0.337 e. The maximum absolute atomic E-state index is 11.8. The number of carboxylic acid groups (broad SMARTS) is 1. The quantitative estimate of drug-likeness (QED) is 0.801. The van der Waals surface area contributed by atoms with Crippen LogP contribution in [0.5, 0.6) is 0 Å². The van der Waals surface area contributed by atoms with Crippen molar-refractivity contribution in [3.63, 3.8) is 0 Å². The zero-order valence-electron chi connectivity index (χ0n) is 12.2. The van der Waals surface area contributed by atoms with Crippen LogP contribution in [0, 0.1) is 0 Å². The molecule has 0 amide bonds. The fourth-order valence-electron chi connectivity index (χ4n) is 2.56. The first-order valence-electron chi connectivity index (χ1n) is 7.00. The molecule has 5 heteroatoms. The predicted molar refractivity (Wildman–Crippen MR) is 80.0 cm³/mol. The Hall–Kier alpha value is -2.14. The summed E-state index contributed by atoms with van der Waals surface area (Å²) in [7, 11) is 0. The highest BCUT2D eigenvalue weighted by atomic mass is 16.4. The number of aromatic carboxylic acids is 1. The number of aromatic nitrogens is 1. The molecule has 0 radical (unpaired) electrons. The average molecular weight is 289 g/mol. The normalized spacial score (nSPS) is 11.0. The molecular weight excluding hydrogens is 270 g/mol. The molecule has 0 saturated carbocycles. The van der Waals surface area contributed by atoms with Crippen LogP contribution in [0.3, 0.4) is 0 Å². The van der Waals surface area contributed by atoms with Crippen LogP contribution in [-0.4, -0.2) is 33.1 Å². The van der Waals surface area contributed by atoms with Gasteiger partial charge in [-0.1, -0.05) is 6.92 Å². The Labute approximate surface area is 122 Å². The topological polar surface area (TPSA) is 79.5 Å². The van der Waals surface area contributed by atoms with E-state index in [2.05, 4.69) is 0 Å². The van der Waals surface area contributed by atoms with E-state index >= 15 is 0 Å². The lowest BCUT2D eigenvalue weighted by atomic mass is 10.0. The van der Waals surface area contributed by atoms with Crippen molar-refractivity contribution < 1.29 is 19.8 Å². The van der Waals surface area contributed by atoms with Crippen LogP contribution in [0.2, 0.25) is 0 Å². The third-order valence-electron chi connectivity index (χ3n) is 3.61. The lowest BCUT2D eigenvalue weighted by Crippen LogP contribution is -2.05. The van der Waals surface area contributed by atoms with Gasteiger partial charge in [-0.15, -0.1) is 0 Å². The summed E-state index contributed by atoms with van der Waals surface area (Å²) in [4.78, 5) is 23.4. The van der Waals surface area contributed by atoms with Gasteiger partial charge in [-0.25, -0.2) is 4.79 Å². The molecule has 0 saturated heterocycles. The minimum absolute atomic E-state index is 0.0184. The van der Waals surface area contributed by atoms with E-state index in [9.17, 15) is 14.7 Å². The Morgan fingerprint density at radius 2 is 1.95 bits per heavy atom. The molecule has 1 aromatic carbocycles. The number of Topliss-reactive ketones (excluding diaryl/α,β-unsaturated/α-hetero) is 1. The smallest absolute Gasteiger partial charge is 0.337 e. The molecule has 0 aliphatic heterocycles. The van der Waals surface area contributed by atoms with Crippen LogP contribution in [0.1, 0.15) is 46.5 Å². The average Bonchev–Trinajstić information content (AvgIpc) is 2.82. The highest BCUT2D eigenvalue weighted by Crippen LogP contribution is 2.28. The number of carboxylic acids is 1. The summed E-state index contributed by atoms with van der Waals surface area (Å²) in [5, 5.41) is 19.1. The molecule has 1 heterocycles. The predicted octanol–water partition coefficient (Wildman–Crippen LogP) is 2.49. The van der Waals surface area contributed by atoms with Crippen LogP contribution in [0.4, 0.5) is 0 Å². The third kappa shape index (κ3) is 2.83. The largest absolute Gasteiger partial charge is 0.478 e. The fraction of sp³-hybridized carbons (Fsp3) is 0.375. The van der Waals surface area contributed by atoms with Crippen LogP contribution in [0.15, 0.2) is 18.3 Å². The zero-order valence-corrected chi connectivity index (χ0v) is 12.2. The van der Waals surface area contributed by atoms with Gasteiger partial charge in [0, 0.05) is 30.3 Å². The minimum Gasteiger partial charge on any atom is -0.478 e. The number of aryl methyl sites for hydroxylation is 2. The highest BCUT2D eigenvalue weighted by molar-refractivity contribution is 6.12. The van der Waals surface area contributed by atoms with Gasteiger partial charge in [0.05, 0.1) is 11.1 Å². The number of ketones is 1. The molecular formula is C16H19NO4. The zero-order chi connectivity index (χ0) is 15.6. The van der Waals surface area contributed by atoms with E-state index in [1.54, 1.807) is 16.8 Å². The summed E-state index contributed by atoms with van der Waals surface area (Å²) in [6.07, 6.45) is 2.90. The van der Waals surface area contributed by atoms with E-state index in [0.29, 0.717) is 35.9 Å². The van der Waals surface area contributed by atoms with Gasteiger partial charge < -0.3 is 14.8 Å². The molecule has 21 heavy (non-hydrogen) atoms. The molecule has 0 unspecified atom stereocenters. The number of hydrogen-bond donors (Lipinski definition) is 2. The first-order valence-corrected chi connectivity index (χ1v) is 7.00. The van der Waals surface area contributed by atoms with Gasteiger partial charge in [-0.2, -0.15) is 0 Å². The standard InChI is InChI=1S/C16H19NO4/c1-3-11-7-12-14(10(2)19)9-17(5-4-6-18)15(12)13(8-11)16(20)21/h7-9,18H,3-6H2,1-2H3,(H,20,21). The summed E-state index contributed by atoms with van der Waals surface area (Å²) >= 11 is 0. The van der Waals surface area contributed by atoms with Crippen molar-refractivity contribution in [3.8, 4) is 0 Å². The highest BCUT2D eigenvalue weighted by Gasteiger charge is 2.19. The second-order valence-corrected chi connectivity index (χ2v) is 5.07. The Morgan fingerprint density at radius 1 is 1.24 bits per heavy atom. The van der Waals surface area contributed by atoms with E-state index in [0.717, 1.165) is 5.56 Å². The minimum atomic E-state index is -1.01. The molecule has 0 spiro atoms. The number of carbonyl (C=O) groups excluding carboxylic acids is 1. The monoisotopic (exact) mass is 289 g/mol. The molecule has 2 aromatic rings. The molecule has 0 aliphatic carbocycles. The Bertz CT molecular complexity index is 700. The van der Waals surface area contributed by atoms with E-state index in [4.69, 9.17) is 5.11 Å². The van der Waals surface area contributed by atoms with E-state index in [1.807, 2.05) is 13.0 Å². The van der Waals surface area contributed by atoms with Gasteiger partial charge in [0.1, 0.15) is 0 Å². The van der Waals surface area contributed by atoms with Crippen molar-refractivity contribution in [2.45, 2.75) is 33.2 Å². The van der Waals surface area contributed by atoms with Crippen LogP contribution >= 0.6 is 0 Å². The van der Waals surface area contributed by atoms with Crippen molar-refractivity contribution >= 4 is 22.7 Å². The molecule has 0 fully saturated rings. The van der Waals surface area contributed by atoms with E-state index < -0.39 is 5.97 Å². The first kappa shape index (κ1) is 15.3. The van der Waals surface area contributed by atoms with Crippen molar-refractivity contribution in [1.29, 1.82) is 0 Å². The molecule has 1 aromatic heterocycles. The Kier molecular flexibility index (Phi) is 4.43. The van der Waals surface area contributed by atoms with Crippen LogP contribution in [0.25, 0.3) is 10.9 Å². The number of carbonyl (C=O) groups is 2. The van der Waals surface area contributed by atoms with Crippen molar-refractivity contribution in [1.82, 2.24) is 4.57 Å². The van der Waals surface area contributed by atoms with Gasteiger partial charge in [-0.3, -0.25) is 4.79 Å². The molecule has 0 atom stereocenters. The van der Waals surface area contributed by atoms with Crippen LogP contribution < -0.4 is 0 Å². The lowest BCUT2D eigenvalue weighted by Gasteiger charge is -2.08. The molecule has 2 N–H and O–H groups in total. The lowest BCUT2D eigenvalue weighted by molar-refractivity contribution is 0.0698. The number of rotatable bonds is 6. The SMILES string of the molecule is CCc1cc(C(=O)O)c2c(c1)c(C(C)=O)cn2CCCO. The number of fused-ring (bicyclic) bond motifs is 1. The second-order valence-electron chi connectivity index (χ2n) is 5.07. The second kappa shape index (κ2) is 6.10. The Balaban J connectivity index is 2.79.